The smallest absolute Gasteiger partial charge is 0.426 e. The highest BCUT2D eigenvalue weighted by atomic mass is 79.9. The highest BCUT2D eigenvalue weighted by molar-refractivity contribution is 9.10. The summed E-state index contributed by atoms with van der Waals surface area (Å²) >= 11 is 8.30. The van der Waals surface area contributed by atoms with Crippen LogP contribution in [0.5, 0.6) is 0 Å². The van der Waals surface area contributed by atoms with Gasteiger partial charge >= 0.3 is 12.1 Å². The van der Waals surface area contributed by atoms with Crippen LogP contribution in [0.1, 0.15) is 16.7 Å². The second-order valence-corrected chi connectivity index (χ2v) is 5.14. The summed E-state index contributed by atoms with van der Waals surface area (Å²) in [4.78, 5) is 10.7. The van der Waals surface area contributed by atoms with Crippen molar-refractivity contribution in [3.63, 3.8) is 0 Å². The third-order valence-corrected chi connectivity index (χ3v) is 3.22. The van der Waals surface area contributed by atoms with Crippen LogP contribution in [0.2, 0.25) is 0 Å². The molecular formula is C12H9BrClF3O2. The summed E-state index contributed by atoms with van der Waals surface area (Å²) < 4.78 is 37.6. The number of rotatable bonds is 3. The molecule has 0 aliphatic heterocycles. The van der Waals surface area contributed by atoms with Gasteiger partial charge in [0.2, 0.25) is 0 Å². The van der Waals surface area contributed by atoms with Gasteiger partial charge in [-0.2, -0.15) is 13.2 Å². The molecule has 0 atom stereocenters. The molecule has 0 heterocycles. The lowest BCUT2D eigenvalue weighted by atomic mass is 10.0. The maximum atomic E-state index is 12.4. The summed E-state index contributed by atoms with van der Waals surface area (Å²) in [7, 11) is 0. The molecule has 2 nitrogen and oxygen atoms in total. The Bertz CT molecular complexity index is 539. The van der Waals surface area contributed by atoms with Gasteiger partial charge in [0.05, 0.1) is 6.42 Å². The predicted molar refractivity (Wildman–Crippen MR) is 70.1 cm³/mol. The maximum absolute atomic E-state index is 12.4. The van der Waals surface area contributed by atoms with Crippen LogP contribution in [-0.2, 0) is 11.2 Å². The van der Waals surface area contributed by atoms with E-state index in [2.05, 4.69) is 15.9 Å². The molecule has 0 spiro atoms. The molecule has 104 valence electrons. The number of benzene rings is 1. The van der Waals surface area contributed by atoms with Crippen molar-refractivity contribution in [3.05, 3.63) is 38.3 Å². The summed E-state index contributed by atoms with van der Waals surface area (Å²) in [6, 6.07) is 3.11. The third kappa shape index (κ3) is 4.54. The molecular weight excluding hydrogens is 348 g/mol. The number of carboxylic acid groups (broad SMARTS) is 1. The normalized spacial score (nSPS) is 12.6. The first-order chi connectivity index (χ1) is 8.61. The molecule has 0 saturated carbocycles. The van der Waals surface area contributed by atoms with Gasteiger partial charge in [-0.3, -0.25) is 4.79 Å². The third-order valence-electron chi connectivity index (χ3n) is 2.24. The van der Waals surface area contributed by atoms with E-state index in [1.54, 1.807) is 13.0 Å². The van der Waals surface area contributed by atoms with Crippen molar-refractivity contribution in [2.24, 2.45) is 0 Å². The topological polar surface area (TPSA) is 37.3 Å². The second kappa shape index (κ2) is 5.96. The molecule has 0 saturated heterocycles. The van der Waals surface area contributed by atoms with Gasteiger partial charge in [-0.1, -0.05) is 33.6 Å². The minimum Gasteiger partial charge on any atom is -0.481 e. The Labute approximate surface area is 121 Å². The van der Waals surface area contributed by atoms with Crippen LogP contribution in [0.3, 0.4) is 0 Å². The molecule has 0 radical (unpaired) electrons. The molecule has 0 aliphatic rings. The van der Waals surface area contributed by atoms with Crippen LogP contribution in [0.4, 0.5) is 13.2 Å². The monoisotopic (exact) mass is 356 g/mol. The van der Waals surface area contributed by atoms with E-state index >= 15 is 0 Å². The van der Waals surface area contributed by atoms with Crippen molar-refractivity contribution in [3.8, 4) is 0 Å². The maximum Gasteiger partial charge on any atom is 0.426 e. The van der Waals surface area contributed by atoms with Gasteiger partial charge in [-0.25, -0.2) is 0 Å². The van der Waals surface area contributed by atoms with E-state index in [4.69, 9.17) is 16.7 Å². The summed E-state index contributed by atoms with van der Waals surface area (Å²) in [5, 5.41) is 7.47. The molecule has 0 amide bonds. The lowest BCUT2D eigenvalue weighted by Gasteiger charge is -2.10. The Kier molecular flexibility index (Phi) is 5.04. The standard InChI is InChI=1S/C12H9BrClF3O2/c1-6-2-7(4-11(18)19)8(9(13)3-6)5-10(14)12(15,16)17/h2-3,5H,4H2,1H3,(H,18,19)/b10-5-. The van der Waals surface area contributed by atoms with Crippen LogP contribution in [0.25, 0.3) is 6.08 Å². The number of hydrogen-bond acceptors (Lipinski definition) is 1. The fraction of sp³-hybridized carbons (Fsp3) is 0.250. The average molecular weight is 358 g/mol. The van der Waals surface area contributed by atoms with E-state index in [1.807, 2.05) is 0 Å². The van der Waals surface area contributed by atoms with E-state index in [-0.39, 0.29) is 17.5 Å². The van der Waals surface area contributed by atoms with Crippen molar-refractivity contribution in [2.45, 2.75) is 19.5 Å². The van der Waals surface area contributed by atoms with Crippen molar-refractivity contribution < 1.29 is 23.1 Å². The van der Waals surface area contributed by atoms with Crippen molar-refractivity contribution in [2.75, 3.05) is 0 Å². The minimum absolute atomic E-state index is 0.121. The van der Waals surface area contributed by atoms with Crippen molar-refractivity contribution >= 4 is 39.6 Å². The highest BCUT2D eigenvalue weighted by Crippen LogP contribution is 2.33. The molecule has 1 aromatic carbocycles. The number of hydrogen-bond donors (Lipinski definition) is 1. The fourth-order valence-corrected chi connectivity index (χ4v) is 2.34. The first-order valence-corrected chi connectivity index (χ1v) is 6.23. The molecule has 7 heteroatoms. The zero-order valence-electron chi connectivity index (χ0n) is 9.68. The van der Waals surface area contributed by atoms with Crippen LogP contribution in [-0.4, -0.2) is 17.3 Å². The molecule has 0 unspecified atom stereocenters. The Balaban J connectivity index is 3.37. The summed E-state index contributed by atoms with van der Waals surface area (Å²) in [6.45, 7) is 1.72. The van der Waals surface area contributed by atoms with Gasteiger partial charge in [0.25, 0.3) is 0 Å². The Morgan fingerprint density at radius 1 is 1.47 bits per heavy atom. The molecule has 1 aromatic rings. The number of aryl methyl sites for hydroxylation is 1. The first-order valence-electron chi connectivity index (χ1n) is 5.06. The predicted octanol–water partition coefficient (Wildman–Crippen LogP) is 4.53. The van der Waals surface area contributed by atoms with Gasteiger partial charge in [0, 0.05) is 4.47 Å². The lowest BCUT2D eigenvalue weighted by Crippen LogP contribution is -2.08. The van der Waals surface area contributed by atoms with Crippen molar-refractivity contribution in [1.82, 2.24) is 0 Å². The van der Waals surface area contributed by atoms with Crippen LogP contribution >= 0.6 is 27.5 Å². The summed E-state index contributed by atoms with van der Waals surface area (Å²) in [5.74, 6) is -1.13. The Hall–Kier alpha value is -1.01. The number of carbonyl (C=O) groups is 1. The van der Waals surface area contributed by atoms with Gasteiger partial charge in [0.1, 0.15) is 5.03 Å². The molecule has 0 fully saturated rings. The van der Waals surface area contributed by atoms with Gasteiger partial charge in [-0.05, 0) is 35.8 Å². The molecule has 1 rings (SSSR count). The van der Waals surface area contributed by atoms with E-state index < -0.39 is 17.2 Å². The van der Waals surface area contributed by atoms with Crippen LogP contribution in [0, 0.1) is 6.92 Å². The molecule has 1 N–H and O–H groups in total. The van der Waals surface area contributed by atoms with E-state index in [0.29, 0.717) is 4.47 Å². The minimum atomic E-state index is -4.66. The molecule has 19 heavy (non-hydrogen) atoms. The van der Waals surface area contributed by atoms with Gasteiger partial charge in [-0.15, -0.1) is 0 Å². The SMILES string of the molecule is Cc1cc(Br)c(/C=C(\Cl)C(F)(F)F)c(CC(=O)O)c1. The number of halogens is 5. The number of carboxylic acids is 1. The highest BCUT2D eigenvalue weighted by Gasteiger charge is 2.32. The average Bonchev–Trinajstić information content (AvgIpc) is 2.20. The van der Waals surface area contributed by atoms with Crippen LogP contribution < -0.4 is 0 Å². The molecule has 0 aromatic heterocycles. The zero-order valence-corrected chi connectivity index (χ0v) is 12.0. The second-order valence-electron chi connectivity index (χ2n) is 3.88. The summed E-state index contributed by atoms with van der Waals surface area (Å²) in [6.07, 6.45) is -4.32. The summed E-state index contributed by atoms with van der Waals surface area (Å²) in [5.41, 5.74) is 1.13. The van der Waals surface area contributed by atoms with Gasteiger partial charge < -0.3 is 5.11 Å². The Morgan fingerprint density at radius 3 is 2.53 bits per heavy atom. The quantitative estimate of drug-likeness (QED) is 0.863. The largest absolute Gasteiger partial charge is 0.481 e. The first kappa shape index (κ1) is 16.0. The van der Waals surface area contributed by atoms with Crippen LogP contribution in [0.15, 0.2) is 21.6 Å². The fourth-order valence-electron chi connectivity index (χ4n) is 1.50. The lowest BCUT2D eigenvalue weighted by molar-refractivity contribution is -0.136. The number of aliphatic carboxylic acids is 1. The van der Waals surface area contributed by atoms with E-state index in [1.165, 1.54) is 6.07 Å². The van der Waals surface area contributed by atoms with E-state index in [0.717, 1.165) is 11.6 Å². The Morgan fingerprint density at radius 2 is 2.05 bits per heavy atom. The molecule has 0 aliphatic carbocycles. The molecule has 0 bridgehead atoms. The van der Waals surface area contributed by atoms with Crippen molar-refractivity contribution in [1.29, 1.82) is 0 Å². The van der Waals surface area contributed by atoms with E-state index in [9.17, 15) is 18.0 Å². The van der Waals surface area contributed by atoms with Gasteiger partial charge in [0.15, 0.2) is 0 Å². The zero-order chi connectivity index (χ0) is 14.8. The number of allylic oxidation sites excluding steroid dienone is 1. The number of alkyl halides is 3.